The summed E-state index contributed by atoms with van der Waals surface area (Å²) in [5.74, 6) is -2.93. The fraction of sp³-hybridized carbons (Fsp3) is 0.840. The van der Waals surface area contributed by atoms with Crippen LogP contribution in [0.15, 0.2) is 24.3 Å². The number of carbonyl (C=O) groups is 2. The van der Waals surface area contributed by atoms with Gasteiger partial charge >= 0.3 is 5.97 Å². The van der Waals surface area contributed by atoms with Gasteiger partial charge in [0.2, 0.25) is 5.91 Å². The Balaban J connectivity index is 1.58. The first-order chi connectivity index (χ1) is 32.2. The summed E-state index contributed by atoms with van der Waals surface area (Å²) in [6, 6.07) is 5.24. The molecule has 0 aliphatic carbocycles. The number of aliphatic hydroxyl groups excluding tert-OH is 3. The Hall–Kier alpha value is -2.92. The minimum atomic E-state index is -1.84. The molecule has 3 aliphatic heterocycles. The molecule has 0 bridgehead atoms. The van der Waals surface area contributed by atoms with E-state index in [2.05, 4.69) is 5.32 Å². The molecule has 3 aliphatic rings. The highest BCUT2D eigenvalue weighted by molar-refractivity contribution is 5.75. The number of likely N-dealkylation sites (N-methyl/N-ethyl adjacent to an activating group) is 2. The average Bonchev–Trinajstić information content (AvgIpc) is 3.28. The predicted molar refractivity (Wildman–Crippen MR) is 257 cm³/mol. The van der Waals surface area contributed by atoms with E-state index in [1.54, 1.807) is 60.6 Å². The maximum absolute atomic E-state index is 14.4. The fourth-order valence-corrected chi connectivity index (χ4v) is 10.7. The summed E-state index contributed by atoms with van der Waals surface area (Å²) < 4.78 is 38.1. The van der Waals surface area contributed by atoms with Gasteiger partial charge in [-0.2, -0.15) is 0 Å². The number of benzene rings is 1. The highest BCUT2D eigenvalue weighted by Gasteiger charge is 2.53. The van der Waals surface area contributed by atoms with Gasteiger partial charge in [0, 0.05) is 63.2 Å². The lowest BCUT2D eigenvalue weighted by Crippen LogP contribution is -2.60. The van der Waals surface area contributed by atoms with Crippen molar-refractivity contribution in [1.29, 1.82) is 0 Å². The van der Waals surface area contributed by atoms with E-state index in [0.29, 0.717) is 51.7 Å². The lowest BCUT2D eigenvalue weighted by Gasteiger charge is -2.49. The molecule has 4 rings (SSSR count). The maximum Gasteiger partial charge on any atom is 0.311 e. The Kier molecular flexibility index (Phi) is 21.4. The van der Waals surface area contributed by atoms with Gasteiger partial charge in [-0.25, -0.2) is 0 Å². The van der Waals surface area contributed by atoms with E-state index in [-0.39, 0.29) is 42.9 Å². The number of rotatable bonds is 16. The summed E-state index contributed by atoms with van der Waals surface area (Å²) in [4.78, 5) is 41.5. The van der Waals surface area contributed by atoms with Crippen molar-refractivity contribution in [2.24, 2.45) is 17.8 Å². The van der Waals surface area contributed by atoms with Crippen LogP contribution in [0.3, 0.4) is 0 Å². The zero-order valence-corrected chi connectivity index (χ0v) is 43.4. The Morgan fingerprint density at radius 2 is 1.64 bits per heavy atom. The summed E-state index contributed by atoms with van der Waals surface area (Å²) in [5.41, 5.74) is -3.66. The van der Waals surface area contributed by atoms with Crippen molar-refractivity contribution >= 4 is 17.6 Å². The highest BCUT2D eigenvalue weighted by atomic mass is 16.7. The normalized spacial score (nSPS) is 40.1. The quantitative estimate of drug-likeness (QED) is 0.0598. The van der Waals surface area contributed by atoms with Crippen molar-refractivity contribution < 1.29 is 68.5 Å². The minimum absolute atomic E-state index is 0.0144. The van der Waals surface area contributed by atoms with Crippen molar-refractivity contribution in [2.45, 2.75) is 211 Å². The number of cyclic esters (lactones) is 1. The van der Waals surface area contributed by atoms with Gasteiger partial charge in [0.05, 0.1) is 46.5 Å². The highest BCUT2D eigenvalue weighted by Crippen LogP contribution is 2.40. The van der Waals surface area contributed by atoms with Crippen LogP contribution in [-0.2, 0) is 44.4 Å². The first-order valence-electron chi connectivity index (χ1n) is 24.9. The number of amides is 1. The van der Waals surface area contributed by atoms with E-state index in [4.69, 9.17) is 28.4 Å². The number of nitrogens with zero attached hydrogens (tertiary/aromatic N) is 3. The summed E-state index contributed by atoms with van der Waals surface area (Å²) in [6.45, 7) is 18.8. The second-order valence-corrected chi connectivity index (χ2v) is 21.2. The largest absolute Gasteiger partial charge is 0.459 e. The standard InChI is InChI=1S/C50H86N4O15/c1-14-38-50(10,61)43(57)33(6)53(12)28-29(2)26-48(8,60)45(31(4)42(32(5)46(59)67-38)68-40-27-49(9,64-13)44(58)34(7)66-40)69-47-41(56)37(25-30(3)65-47)52(11)24-16-15-17-39(55)51-23-22-35-18-20-36(21-19-35)54(62)63/h18-21,29-34,37-38,40-45,47,56-58,60-61H,14-17,22-28H2,1-13H3,(H,51,55)/t29-,30-,31+,32-,33-,34+,37+,38-,40+,41?,42+,43-,44+,45-,47+,48-,49-,50-/m1/s1. The monoisotopic (exact) mass is 983 g/mol. The number of nitro benzene ring substituents is 1. The molecule has 19 heteroatoms. The molecule has 0 spiro atoms. The van der Waals surface area contributed by atoms with E-state index in [1.165, 1.54) is 26.2 Å². The van der Waals surface area contributed by atoms with Gasteiger partial charge in [-0.1, -0.05) is 32.9 Å². The zero-order chi connectivity index (χ0) is 51.8. The van der Waals surface area contributed by atoms with Crippen molar-refractivity contribution in [3.63, 3.8) is 0 Å². The van der Waals surface area contributed by atoms with Crippen molar-refractivity contribution in [3.05, 3.63) is 39.9 Å². The number of ether oxygens (including phenoxy) is 6. The van der Waals surface area contributed by atoms with Crippen molar-refractivity contribution in [2.75, 3.05) is 40.8 Å². The summed E-state index contributed by atoms with van der Waals surface area (Å²) >= 11 is 0. The molecular weight excluding hydrogens is 897 g/mol. The van der Waals surface area contributed by atoms with Gasteiger partial charge in [0.1, 0.15) is 30.0 Å². The predicted octanol–water partition coefficient (Wildman–Crippen LogP) is 3.71. The van der Waals surface area contributed by atoms with E-state index < -0.39 is 107 Å². The molecule has 0 aromatic heterocycles. The number of aliphatic hydroxyl groups is 5. The lowest BCUT2D eigenvalue weighted by atomic mass is 9.77. The number of non-ortho nitro benzene ring substituents is 1. The average molecular weight is 983 g/mol. The summed E-state index contributed by atoms with van der Waals surface area (Å²) in [6.07, 6.45) is -7.10. The van der Waals surface area contributed by atoms with Crippen LogP contribution in [0.2, 0.25) is 0 Å². The number of carbonyl (C=O) groups excluding carboxylic acids is 2. The lowest BCUT2D eigenvalue weighted by molar-refractivity contribution is -0.384. The van der Waals surface area contributed by atoms with Gasteiger partial charge in [-0.15, -0.1) is 0 Å². The van der Waals surface area contributed by atoms with Crippen LogP contribution in [0.1, 0.15) is 120 Å². The Morgan fingerprint density at radius 3 is 2.25 bits per heavy atom. The number of nitro groups is 1. The van der Waals surface area contributed by atoms with E-state index >= 15 is 0 Å². The number of unbranched alkanes of at least 4 members (excludes halogenated alkanes) is 1. The van der Waals surface area contributed by atoms with Crippen molar-refractivity contribution in [3.8, 4) is 0 Å². The Labute approximate surface area is 409 Å². The number of esters is 1. The van der Waals surface area contributed by atoms with Gasteiger partial charge in [-0.3, -0.25) is 19.7 Å². The SMILES string of the molecule is CC[C@H]1OC(=O)[C@H](C)[C@@H](O[C@H]2C[C@@](C)(OC)[C@@H](O)[C@H](C)O2)[C@H](C)[C@@H](O[C@@H]2O[C@H](C)C[C@H](N(C)CCCCC(=O)NCCc3ccc([N+](=O)[O-])cc3)C2O)[C@](C)(O)C[C@@H](C)CN(C)[C@H](C)[C@@H](O)[C@]1(C)O. The molecule has 6 N–H and O–H groups in total. The molecule has 1 unspecified atom stereocenters. The topological polar surface area (TPSA) is 252 Å². The van der Waals surface area contributed by atoms with E-state index in [9.17, 15) is 45.2 Å². The van der Waals surface area contributed by atoms with Crippen LogP contribution in [0.4, 0.5) is 5.69 Å². The van der Waals surface area contributed by atoms with Gasteiger partial charge in [0.15, 0.2) is 12.6 Å². The van der Waals surface area contributed by atoms with Gasteiger partial charge in [-0.05, 0) is 119 Å². The molecule has 0 saturated carbocycles. The Bertz CT molecular complexity index is 1790. The molecule has 19 nitrogen and oxygen atoms in total. The molecule has 396 valence electrons. The van der Waals surface area contributed by atoms with E-state index in [1.807, 2.05) is 37.7 Å². The van der Waals surface area contributed by atoms with Crippen LogP contribution < -0.4 is 5.32 Å². The van der Waals surface area contributed by atoms with Crippen LogP contribution in [0.5, 0.6) is 0 Å². The second-order valence-electron chi connectivity index (χ2n) is 21.2. The molecule has 3 fully saturated rings. The number of nitrogens with one attached hydrogen (secondary N) is 1. The molecule has 69 heavy (non-hydrogen) atoms. The molecule has 3 heterocycles. The first kappa shape index (κ1) is 58.6. The molecule has 1 aromatic rings. The maximum atomic E-state index is 14.4. The zero-order valence-electron chi connectivity index (χ0n) is 43.4. The second kappa shape index (κ2) is 25.2. The first-order valence-corrected chi connectivity index (χ1v) is 24.9. The third-order valence-corrected chi connectivity index (χ3v) is 15.2. The van der Waals surface area contributed by atoms with E-state index in [0.717, 1.165) is 5.56 Å². The van der Waals surface area contributed by atoms with Crippen LogP contribution in [0, 0.1) is 27.9 Å². The summed E-state index contributed by atoms with van der Waals surface area (Å²) in [7, 11) is 5.22. The number of hydrogen-bond acceptors (Lipinski definition) is 17. The minimum Gasteiger partial charge on any atom is -0.459 e. The fourth-order valence-electron chi connectivity index (χ4n) is 10.7. The van der Waals surface area contributed by atoms with Crippen molar-refractivity contribution in [1.82, 2.24) is 15.1 Å². The molecule has 3 saturated heterocycles. The molecular formula is C50H86N4O15. The number of methoxy groups -OCH3 is 1. The van der Waals surface area contributed by atoms with Gasteiger partial charge in [0.25, 0.3) is 5.69 Å². The third kappa shape index (κ3) is 15.1. The molecule has 1 aromatic carbocycles. The van der Waals surface area contributed by atoms with Crippen LogP contribution in [-0.4, -0.2) is 183 Å². The smallest absolute Gasteiger partial charge is 0.311 e. The Morgan fingerprint density at radius 1 is 0.986 bits per heavy atom. The van der Waals surface area contributed by atoms with Crippen LogP contribution >= 0.6 is 0 Å². The molecule has 0 radical (unpaired) electrons. The summed E-state index contributed by atoms with van der Waals surface area (Å²) in [5, 5.41) is 73.2. The van der Waals surface area contributed by atoms with Gasteiger partial charge < -0.3 is 69.1 Å². The molecule has 1 amide bonds. The third-order valence-electron chi connectivity index (χ3n) is 15.2. The molecule has 18 atom stereocenters. The van der Waals surface area contributed by atoms with Crippen LogP contribution in [0.25, 0.3) is 0 Å². The number of hydrogen-bond donors (Lipinski definition) is 6.